The third kappa shape index (κ3) is 2.88. The first kappa shape index (κ1) is 13.8. The van der Waals surface area contributed by atoms with Gasteiger partial charge in [0.15, 0.2) is 0 Å². The molecule has 0 saturated carbocycles. The van der Waals surface area contributed by atoms with E-state index in [0.717, 1.165) is 5.56 Å². The number of hydrogen-bond acceptors (Lipinski definition) is 3. The first-order chi connectivity index (χ1) is 7.81. The first-order valence-electron chi connectivity index (χ1n) is 5.50. The maximum Gasteiger partial charge on any atom is 0.128 e. The molecule has 1 aromatic carbocycles. The van der Waals surface area contributed by atoms with Crippen molar-refractivity contribution >= 4 is 0 Å². The van der Waals surface area contributed by atoms with Crippen LogP contribution in [0, 0.1) is 0 Å². The maximum atomic E-state index is 13.5. The Hall–Kier alpha value is -1.29. The first-order valence-corrected chi connectivity index (χ1v) is 5.50. The van der Waals surface area contributed by atoms with Crippen LogP contribution >= 0.6 is 0 Å². The minimum absolute atomic E-state index is 0.477. The molecule has 0 fully saturated rings. The number of halogens is 1. The largest absolute Gasteiger partial charge is 0.496 e. The average molecular weight is 241 g/mol. The molecule has 4 heteroatoms. The zero-order chi connectivity index (χ0) is 13.2. The van der Waals surface area contributed by atoms with Gasteiger partial charge in [-0.3, -0.25) is 0 Å². The van der Waals surface area contributed by atoms with E-state index in [4.69, 9.17) is 15.2 Å². The highest BCUT2D eigenvalue weighted by atomic mass is 19.1. The lowest BCUT2D eigenvalue weighted by Gasteiger charge is -2.24. The van der Waals surface area contributed by atoms with E-state index >= 15 is 0 Å². The number of methoxy groups -OCH3 is 2. The zero-order valence-electron chi connectivity index (χ0n) is 11.0. The lowest BCUT2D eigenvalue weighted by atomic mass is 9.91. The lowest BCUT2D eigenvalue weighted by molar-refractivity contribution is 0.339. The molecule has 17 heavy (non-hydrogen) atoms. The van der Waals surface area contributed by atoms with Gasteiger partial charge in [0, 0.05) is 22.7 Å². The number of benzene rings is 1. The highest BCUT2D eigenvalue weighted by molar-refractivity contribution is 5.49. The van der Waals surface area contributed by atoms with Gasteiger partial charge in [-0.25, -0.2) is 4.39 Å². The summed E-state index contributed by atoms with van der Waals surface area (Å²) in [5, 5.41) is 0. The molecule has 0 bridgehead atoms. The van der Waals surface area contributed by atoms with Gasteiger partial charge >= 0.3 is 0 Å². The van der Waals surface area contributed by atoms with Crippen molar-refractivity contribution in [2.24, 2.45) is 5.73 Å². The molecule has 0 saturated heterocycles. The van der Waals surface area contributed by atoms with Crippen molar-refractivity contribution in [3.63, 3.8) is 0 Å². The summed E-state index contributed by atoms with van der Waals surface area (Å²) in [5.41, 5.74) is 6.71. The Bertz CT molecular complexity index is 397. The van der Waals surface area contributed by atoms with Crippen molar-refractivity contribution < 1.29 is 13.9 Å². The molecular weight excluding hydrogens is 221 g/mol. The summed E-state index contributed by atoms with van der Waals surface area (Å²) in [6.45, 7) is 5.17. The van der Waals surface area contributed by atoms with Crippen molar-refractivity contribution in [1.29, 1.82) is 0 Å². The van der Waals surface area contributed by atoms with Gasteiger partial charge in [0.2, 0.25) is 0 Å². The van der Waals surface area contributed by atoms with Crippen LogP contribution in [0.3, 0.4) is 0 Å². The Morgan fingerprint density at radius 2 is 1.71 bits per heavy atom. The van der Waals surface area contributed by atoms with E-state index in [1.54, 1.807) is 19.2 Å². The van der Waals surface area contributed by atoms with Crippen LogP contribution in [0.2, 0.25) is 0 Å². The average Bonchev–Trinajstić information content (AvgIpc) is 2.25. The summed E-state index contributed by atoms with van der Waals surface area (Å²) in [4.78, 5) is 0. The Morgan fingerprint density at radius 3 is 2.06 bits per heavy atom. The maximum absolute atomic E-state index is 13.5. The van der Waals surface area contributed by atoms with Crippen molar-refractivity contribution in [2.45, 2.75) is 32.5 Å². The normalized spacial score (nSPS) is 13.4. The SMILES string of the molecule is COc1cc(OC)c(C(C)(C)N)cc1C(C)F. The monoisotopic (exact) mass is 241 g/mol. The summed E-state index contributed by atoms with van der Waals surface area (Å²) in [6, 6.07) is 3.39. The molecule has 0 aliphatic rings. The predicted octanol–water partition coefficient (Wildman–Crippen LogP) is 2.93. The van der Waals surface area contributed by atoms with Crippen LogP contribution in [0.5, 0.6) is 11.5 Å². The molecular formula is C13H20FNO2. The minimum Gasteiger partial charge on any atom is -0.496 e. The van der Waals surface area contributed by atoms with E-state index < -0.39 is 11.7 Å². The molecule has 3 nitrogen and oxygen atoms in total. The molecule has 0 aromatic heterocycles. The fourth-order valence-electron chi connectivity index (χ4n) is 1.74. The van der Waals surface area contributed by atoms with E-state index in [-0.39, 0.29) is 0 Å². The number of nitrogens with two attached hydrogens (primary N) is 1. The molecule has 0 aliphatic heterocycles. The molecule has 1 rings (SSSR count). The van der Waals surface area contributed by atoms with Crippen LogP contribution in [0.1, 0.15) is 38.1 Å². The third-order valence-corrected chi connectivity index (χ3v) is 2.67. The fourth-order valence-corrected chi connectivity index (χ4v) is 1.74. The van der Waals surface area contributed by atoms with Gasteiger partial charge in [-0.15, -0.1) is 0 Å². The zero-order valence-corrected chi connectivity index (χ0v) is 11.0. The molecule has 96 valence electrons. The number of alkyl halides is 1. The van der Waals surface area contributed by atoms with Crippen molar-refractivity contribution in [3.05, 3.63) is 23.3 Å². The molecule has 0 amide bonds. The Balaban J connectivity index is 3.45. The standard InChI is InChI=1S/C13H20FNO2/c1-8(14)9-6-10(13(2,3)15)12(17-5)7-11(9)16-4/h6-8H,15H2,1-5H3. The van der Waals surface area contributed by atoms with Gasteiger partial charge in [-0.2, -0.15) is 0 Å². The Kier molecular flexibility index (Phi) is 3.98. The van der Waals surface area contributed by atoms with Crippen molar-refractivity contribution in [3.8, 4) is 11.5 Å². The van der Waals surface area contributed by atoms with Crippen molar-refractivity contribution in [1.82, 2.24) is 0 Å². The molecule has 0 aliphatic carbocycles. The lowest BCUT2D eigenvalue weighted by Crippen LogP contribution is -2.29. The van der Waals surface area contributed by atoms with Gasteiger partial charge in [0.05, 0.1) is 14.2 Å². The number of hydrogen-bond donors (Lipinski definition) is 1. The summed E-state index contributed by atoms with van der Waals surface area (Å²) >= 11 is 0. The highest BCUT2D eigenvalue weighted by Crippen LogP contribution is 2.37. The Labute approximate surface area is 102 Å². The van der Waals surface area contributed by atoms with Crippen LogP contribution in [0.4, 0.5) is 4.39 Å². The van der Waals surface area contributed by atoms with E-state index in [1.807, 2.05) is 13.8 Å². The second kappa shape index (κ2) is 4.92. The molecule has 2 N–H and O–H groups in total. The van der Waals surface area contributed by atoms with Gasteiger partial charge < -0.3 is 15.2 Å². The van der Waals surface area contributed by atoms with E-state index in [2.05, 4.69) is 0 Å². The van der Waals surface area contributed by atoms with Crippen LogP contribution < -0.4 is 15.2 Å². The summed E-state index contributed by atoms with van der Waals surface area (Å²) < 4.78 is 23.9. The van der Waals surface area contributed by atoms with Gasteiger partial charge in [0.1, 0.15) is 17.7 Å². The fraction of sp³-hybridized carbons (Fsp3) is 0.538. The topological polar surface area (TPSA) is 44.5 Å². The molecule has 1 unspecified atom stereocenters. The van der Waals surface area contributed by atoms with Gasteiger partial charge in [-0.1, -0.05) is 0 Å². The summed E-state index contributed by atoms with van der Waals surface area (Å²) in [6.07, 6.45) is -1.11. The third-order valence-electron chi connectivity index (χ3n) is 2.67. The van der Waals surface area contributed by atoms with E-state index in [1.165, 1.54) is 14.0 Å². The molecule has 0 radical (unpaired) electrons. The number of ether oxygens (including phenoxy) is 2. The smallest absolute Gasteiger partial charge is 0.128 e. The van der Waals surface area contributed by atoms with E-state index in [0.29, 0.717) is 17.1 Å². The van der Waals surface area contributed by atoms with Gasteiger partial charge in [0.25, 0.3) is 0 Å². The second-order valence-electron chi connectivity index (χ2n) is 4.63. The predicted molar refractivity (Wildman–Crippen MR) is 66.3 cm³/mol. The molecule has 1 aromatic rings. The summed E-state index contributed by atoms with van der Waals surface area (Å²) in [7, 11) is 3.07. The van der Waals surface area contributed by atoms with Crippen molar-refractivity contribution in [2.75, 3.05) is 14.2 Å². The van der Waals surface area contributed by atoms with E-state index in [9.17, 15) is 4.39 Å². The minimum atomic E-state index is -1.11. The van der Waals surface area contributed by atoms with Crippen LogP contribution in [0.25, 0.3) is 0 Å². The number of rotatable bonds is 4. The van der Waals surface area contributed by atoms with Crippen LogP contribution in [0.15, 0.2) is 12.1 Å². The Morgan fingerprint density at radius 1 is 1.18 bits per heavy atom. The highest BCUT2D eigenvalue weighted by Gasteiger charge is 2.23. The summed E-state index contributed by atoms with van der Waals surface area (Å²) in [5.74, 6) is 1.09. The molecule has 0 spiro atoms. The van der Waals surface area contributed by atoms with Crippen LogP contribution in [-0.4, -0.2) is 14.2 Å². The molecule has 0 heterocycles. The molecule has 1 atom stereocenters. The van der Waals surface area contributed by atoms with Gasteiger partial charge in [-0.05, 0) is 26.8 Å². The van der Waals surface area contributed by atoms with Crippen LogP contribution in [-0.2, 0) is 5.54 Å². The quantitative estimate of drug-likeness (QED) is 0.881. The second-order valence-corrected chi connectivity index (χ2v) is 4.63.